The first-order valence-corrected chi connectivity index (χ1v) is 4.96. The van der Waals surface area contributed by atoms with Crippen molar-refractivity contribution in [3.63, 3.8) is 0 Å². The molecule has 0 amide bonds. The van der Waals surface area contributed by atoms with Crippen LogP contribution in [0.2, 0.25) is 0 Å². The van der Waals surface area contributed by atoms with E-state index in [1.807, 2.05) is 6.21 Å². The lowest BCUT2D eigenvalue weighted by molar-refractivity contribution is -0.137. The molecule has 0 aromatic rings. The number of carbonyl (C=O) groups is 1. The van der Waals surface area contributed by atoms with E-state index in [2.05, 4.69) is 25.4 Å². The third-order valence-corrected chi connectivity index (χ3v) is 1.87. The molecule has 0 rings (SSSR count). The van der Waals surface area contributed by atoms with Gasteiger partial charge in [-0.2, -0.15) is 0 Å². The van der Waals surface area contributed by atoms with Crippen molar-refractivity contribution in [3.8, 4) is 0 Å². The van der Waals surface area contributed by atoms with E-state index < -0.39 is 0 Å². The van der Waals surface area contributed by atoms with Gasteiger partial charge in [-0.05, 0) is 25.7 Å². The molecule has 0 heterocycles. The number of esters is 1. The minimum absolute atomic E-state index is 0.0867. The van der Waals surface area contributed by atoms with Crippen molar-refractivity contribution >= 4 is 12.2 Å². The molecule has 80 valence electrons. The summed E-state index contributed by atoms with van der Waals surface area (Å²) in [7, 11) is 0. The van der Waals surface area contributed by atoms with Crippen LogP contribution in [0.25, 0.3) is 0 Å². The number of aliphatic imine (C=N–C) groups is 1. The quantitative estimate of drug-likeness (QED) is 0.373. The first-order chi connectivity index (χ1) is 6.60. The molecule has 0 fully saturated rings. The van der Waals surface area contributed by atoms with Crippen LogP contribution in [0.15, 0.2) is 17.3 Å². The Kier molecular flexibility index (Phi) is 6.72. The Labute approximate surface area is 85.9 Å². The van der Waals surface area contributed by atoms with Gasteiger partial charge in [0.25, 0.3) is 0 Å². The van der Waals surface area contributed by atoms with Crippen LogP contribution in [0.3, 0.4) is 0 Å². The third-order valence-electron chi connectivity index (χ3n) is 1.87. The molecular weight excluding hydrogens is 178 g/mol. The standard InChI is InChI=1S/C11H19NO2/c1-5-10(6-2)7-12-8-11(13)14-9(3)4/h7,10H,3,5-6,8H2,1-2,4H3/b12-7+. The molecule has 0 N–H and O–H groups in total. The summed E-state index contributed by atoms with van der Waals surface area (Å²) in [5.41, 5.74) is 0. The van der Waals surface area contributed by atoms with E-state index >= 15 is 0 Å². The second-order valence-electron chi connectivity index (χ2n) is 3.24. The summed E-state index contributed by atoms with van der Waals surface area (Å²) in [6.45, 7) is 9.41. The van der Waals surface area contributed by atoms with E-state index in [0.29, 0.717) is 11.7 Å². The maximum atomic E-state index is 11.0. The van der Waals surface area contributed by atoms with Crippen LogP contribution in [-0.2, 0) is 9.53 Å². The summed E-state index contributed by atoms with van der Waals surface area (Å²) in [6, 6.07) is 0. The molecule has 0 spiro atoms. The maximum Gasteiger partial charge on any atom is 0.332 e. The van der Waals surface area contributed by atoms with Crippen molar-refractivity contribution in [1.29, 1.82) is 0 Å². The third kappa shape index (κ3) is 6.40. The fraction of sp³-hybridized carbons (Fsp3) is 0.636. The number of hydrogen-bond donors (Lipinski definition) is 0. The van der Waals surface area contributed by atoms with Crippen LogP contribution in [0.4, 0.5) is 0 Å². The molecule has 0 radical (unpaired) electrons. The van der Waals surface area contributed by atoms with Crippen LogP contribution < -0.4 is 0 Å². The molecule has 3 heteroatoms. The van der Waals surface area contributed by atoms with Gasteiger partial charge in [-0.15, -0.1) is 0 Å². The average molecular weight is 197 g/mol. The highest BCUT2D eigenvalue weighted by atomic mass is 16.5. The topological polar surface area (TPSA) is 38.7 Å². The van der Waals surface area contributed by atoms with Crippen LogP contribution in [0.5, 0.6) is 0 Å². The van der Waals surface area contributed by atoms with Gasteiger partial charge in [-0.1, -0.05) is 20.4 Å². The van der Waals surface area contributed by atoms with Gasteiger partial charge in [0.2, 0.25) is 0 Å². The zero-order valence-corrected chi connectivity index (χ0v) is 9.25. The number of hydrogen-bond acceptors (Lipinski definition) is 3. The van der Waals surface area contributed by atoms with Crippen molar-refractivity contribution in [1.82, 2.24) is 0 Å². The molecule has 0 aromatic heterocycles. The molecule has 0 aromatic carbocycles. The molecule has 0 aliphatic carbocycles. The molecule has 14 heavy (non-hydrogen) atoms. The predicted octanol–water partition coefficient (Wildman–Crippen LogP) is 2.57. The molecule has 0 unspecified atom stereocenters. The number of ether oxygens (including phenoxy) is 1. The Morgan fingerprint density at radius 2 is 2.07 bits per heavy atom. The van der Waals surface area contributed by atoms with Crippen LogP contribution in [0.1, 0.15) is 33.6 Å². The van der Waals surface area contributed by atoms with Crippen molar-refractivity contribution in [2.24, 2.45) is 10.9 Å². The number of rotatable bonds is 6. The van der Waals surface area contributed by atoms with E-state index in [4.69, 9.17) is 4.74 Å². The molecule has 0 aliphatic rings. The van der Waals surface area contributed by atoms with Gasteiger partial charge in [0.15, 0.2) is 0 Å². The highest BCUT2D eigenvalue weighted by molar-refractivity contribution is 5.75. The first kappa shape index (κ1) is 12.9. The van der Waals surface area contributed by atoms with E-state index in [-0.39, 0.29) is 12.5 Å². The summed E-state index contributed by atoms with van der Waals surface area (Å²) < 4.78 is 4.75. The zero-order chi connectivity index (χ0) is 11.0. The molecule has 0 aliphatic heterocycles. The van der Waals surface area contributed by atoms with Gasteiger partial charge in [-0.3, -0.25) is 4.99 Å². The van der Waals surface area contributed by atoms with Crippen LogP contribution in [-0.4, -0.2) is 18.7 Å². The van der Waals surface area contributed by atoms with Crippen LogP contribution >= 0.6 is 0 Å². The van der Waals surface area contributed by atoms with E-state index in [9.17, 15) is 4.79 Å². The molecule has 0 bridgehead atoms. The van der Waals surface area contributed by atoms with Crippen LogP contribution in [0, 0.1) is 5.92 Å². The highest BCUT2D eigenvalue weighted by Gasteiger charge is 2.02. The molecule has 0 atom stereocenters. The second-order valence-corrected chi connectivity index (χ2v) is 3.24. The Bertz CT molecular complexity index is 217. The molecule has 0 saturated heterocycles. The lowest BCUT2D eigenvalue weighted by Gasteiger charge is -2.04. The lowest BCUT2D eigenvalue weighted by atomic mass is 10.1. The smallest absolute Gasteiger partial charge is 0.332 e. The Morgan fingerprint density at radius 1 is 1.50 bits per heavy atom. The Balaban J connectivity index is 3.80. The highest BCUT2D eigenvalue weighted by Crippen LogP contribution is 2.03. The van der Waals surface area contributed by atoms with Gasteiger partial charge in [0.05, 0.1) is 5.76 Å². The first-order valence-electron chi connectivity index (χ1n) is 4.96. The Hall–Kier alpha value is -1.12. The molecular formula is C11H19NO2. The number of allylic oxidation sites excluding steroid dienone is 1. The van der Waals surface area contributed by atoms with Crippen molar-refractivity contribution < 1.29 is 9.53 Å². The SMILES string of the molecule is C=C(C)OC(=O)C/N=C/C(CC)CC. The minimum Gasteiger partial charge on any atom is -0.431 e. The number of carbonyl (C=O) groups excluding carboxylic acids is 1. The van der Waals surface area contributed by atoms with Crippen molar-refractivity contribution in [2.75, 3.05) is 6.54 Å². The minimum atomic E-state index is -0.347. The fourth-order valence-electron chi connectivity index (χ4n) is 1.00. The summed E-state index contributed by atoms with van der Waals surface area (Å²) in [6.07, 6.45) is 3.94. The molecule has 0 saturated carbocycles. The van der Waals surface area contributed by atoms with E-state index in [0.717, 1.165) is 12.8 Å². The lowest BCUT2D eigenvalue weighted by Crippen LogP contribution is -2.07. The molecule has 3 nitrogen and oxygen atoms in total. The maximum absolute atomic E-state index is 11.0. The van der Waals surface area contributed by atoms with E-state index in [1.165, 1.54) is 0 Å². The van der Waals surface area contributed by atoms with E-state index in [1.54, 1.807) is 6.92 Å². The fourth-order valence-corrected chi connectivity index (χ4v) is 1.00. The summed E-state index contributed by atoms with van der Waals surface area (Å²) >= 11 is 0. The van der Waals surface area contributed by atoms with Crippen molar-refractivity contribution in [2.45, 2.75) is 33.6 Å². The average Bonchev–Trinajstić information content (AvgIpc) is 2.11. The van der Waals surface area contributed by atoms with Gasteiger partial charge < -0.3 is 4.74 Å². The van der Waals surface area contributed by atoms with Gasteiger partial charge in [0.1, 0.15) is 6.54 Å². The summed E-state index contributed by atoms with van der Waals surface area (Å²) in [5.74, 6) is 0.528. The Morgan fingerprint density at radius 3 is 2.50 bits per heavy atom. The van der Waals surface area contributed by atoms with Gasteiger partial charge in [0, 0.05) is 6.21 Å². The van der Waals surface area contributed by atoms with Gasteiger partial charge in [-0.25, -0.2) is 4.79 Å². The normalized spacial score (nSPS) is 10.9. The van der Waals surface area contributed by atoms with Crippen molar-refractivity contribution in [3.05, 3.63) is 12.3 Å². The number of nitrogens with zero attached hydrogens (tertiary/aromatic N) is 1. The monoisotopic (exact) mass is 197 g/mol. The second kappa shape index (κ2) is 7.30. The predicted molar refractivity (Wildman–Crippen MR) is 58.3 cm³/mol. The van der Waals surface area contributed by atoms with Gasteiger partial charge >= 0.3 is 5.97 Å². The summed E-state index contributed by atoms with van der Waals surface area (Å²) in [4.78, 5) is 15.0. The summed E-state index contributed by atoms with van der Waals surface area (Å²) in [5, 5.41) is 0. The zero-order valence-electron chi connectivity index (χ0n) is 9.25. The largest absolute Gasteiger partial charge is 0.431 e.